The van der Waals surface area contributed by atoms with E-state index in [0.717, 1.165) is 16.4 Å². The summed E-state index contributed by atoms with van der Waals surface area (Å²) in [5.74, 6) is -0.298. The molecule has 2 aromatic heterocycles. The molecule has 0 aromatic carbocycles. The highest BCUT2D eigenvalue weighted by Gasteiger charge is 2.23. The number of amides is 1. The Morgan fingerprint density at radius 1 is 1.29 bits per heavy atom. The fourth-order valence-electron chi connectivity index (χ4n) is 1.99. The number of nitrogens with two attached hydrogens (primary N) is 1. The van der Waals surface area contributed by atoms with Crippen LogP contribution < -0.4 is 5.73 Å². The number of primary amides is 1. The third-order valence-electron chi connectivity index (χ3n) is 3.02. The molecule has 2 heterocycles. The first-order valence-electron chi connectivity index (χ1n) is 6.80. The second-order valence-corrected chi connectivity index (χ2v) is 5.59. The van der Waals surface area contributed by atoms with E-state index in [2.05, 4.69) is 15.3 Å². The van der Waals surface area contributed by atoms with E-state index >= 15 is 0 Å². The van der Waals surface area contributed by atoms with Gasteiger partial charge in [-0.1, -0.05) is 11.8 Å². The maximum atomic E-state index is 13.0. The molecule has 24 heavy (non-hydrogen) atoms. The lowest BCUT2D eigenvalue weighted by Crippen LogP contribution is -2.15. The third kappa shape index (κ3) is 4.04. The number of rotatable bonds is 8. The SMILES string of the molecule is CCn1c(Cn2nc(C(F)F)cc2C(F)F)nnc1SCC(N)=O. The zero-order chi connectivity index (χ0) is 17.9. The summed E-state index contributed by atoms with van der Waals surface area (Å²) in [6.07, 6.45) is -5.90. The van der Waals surface area contributed by atoms with Crippen molar-refractivity contribution in [1.82, 2.24) is 24.5 Å². The normalized spacial score (nSPS) is 11.6. The number of alkyl halides is 4. The molecule has 0 bridgehead atoms. The van der Waals surface area contributed by atoms with E-state index in [-0.39, 0.29) is 18.1 Å². The van der Waals surface area contributed by atoms with E-state index in [1.165, 1.54) is 0 Å². The van der Waals surface area contributed by atoms with Crippen LogP contribution in [0.4, 0.5) is 17.6 Å². The number of halogens is 4. The Kier molecular flexibility index (Phi) is 5.80. The van der Waals surface area contributed by atoms with Crippen LogP contribution in [0.3, 0.4) is 0 Å². The van der Waals surface area contributed by atoms with Crippen molar-refractivity contribution in [2.24, 2.45) is 5.73 Å². The number of aromatic nitrogens is 5. The summed E-state index contributed by atoms with van der Waals surface area (Å²) in [6, 6.07) is 0.671. The van der Waals surface area contributed by atoms with Crippen molar-refractivity contribution in [3.05, 3.63) is 23.3 Å². The summed E-state index contributed by atoms with van der Waals surface area (Å²) in [5, 5.41) is 11.6. The van der Waals surface area contributed by atoms with E-state index in [4.69, 9.17) is 5.73 Å². The molecule has 132 valence electrons. The van der Waals surface area contributed by atoms with Gasteiger partial charge in [-0.3, -0.25) is 9.48 Å². The molecular weight excluding hydrogens is 352 g/mol. The van der Waals surface area contributed by atoms with Crippen LogP contribution in [-0.4, -0.2) is 36.2 Å². The van der Waals surface area contributed by atoms with Crippen LogP contribution in [0.5, 0.6) is 0 Å². The average Bonchev–Trinajstić information content (AvgIpc) is 3.09. The van der Waals surface area contributed by atoms with Gasteiger partial charge in [0.1, 0.15) is 17.9 Å². The number of carbonyl (C=O) groups is 1. The number of carbonyl (C=O) groups excluding carboxylic acids is 1. The summed E-state index contributed by atoms with van der Waals surface area (Å²) < 4.78 is 53.7. The van der Waals surface area contributed by atoms with Gasteiger partial charge in [0, 0.05) is 6.54 Å². The molecule has 0 fully saturated rings. The van der Waals surface area contributed by atoms with E-state index in [9.17, 15) is 22.4 Å². The number of thioether (sulfide) groups is 1. The fourth-order valence-corrected chi connectivity index (χ4v) is 2.75. The van der Waals surface area contributed by atoms with Crippen molar-refractivity contribution in [1.29, 1.82) is 0 Å². The second-order valence-electron chi connectivity index (χ2n) is 4.65. The highest BCUT2D eigenvalue weighted by molar-refractivity contribution is 7.99. The van der Waals surface area contributed by atoms with Gasteiger partial charge in [0.25, 0.3) is 12.9 Å². The van der Waals surface area contributed by atoms with Crippen molar-refractivity contribution in [3.8, 4) is 0 Å². The molecule has 0 saturated carbocycles. The maximum absolute atomic E-state index is 13.0. The lowest BCUT2D eigenvalue weighted by atomic mass is 10.3. The molecular formula is C12H14F4N6OS. The highest BCUT2D eigenvalue weighted by Crippen LogP contribution is 2.26. The Balaban J connectivity index is 2.29. The molecule has 0 aliphatic carbocycles. The fraction of sp³-hybridized carbons (Fsp3) is 0.500. The number of nitrogens with zero attached hydrogens (tertiary/aromatic N) is 5. The van der Waals surface area contributed by atoms with Crippen molar-refractivity contribution < 1.29 is 22.4 Å². The first-order chi connectivity index (χ1) is 11.3. The molecule has 2 N–H and O–H groups in total. The van der Waals surface area contributed by atoms with Crippen molar-refractivity contribution in [3.63, 3.8) is 0 Å². The smallest absolute Gasteiger partial charge is 0.282 e. The Hall–Kier alpha value is -2.11. The molecule has 1 amide bonds. The van der Waals surface area contributed by atoms with E-state index < -0.39 is 30.1 Å². The topological polar surface area (TPSA) is 91.6 Å². The maximum Gasteiger partial charge on any atom is 0.282 e. The van der Waals surface area contributed by atoms with Gasteiger partial charge in [-0.2, -0.15) is 5.10 Å². The van der Waals surface area contributed by atoms with Gasteiger partial charge < -0.3 is 10.3 Å². The second kappa shape index (κ2) is 7.64. The Morgan fingerprint density at radius 3 is 2.54 bits per heavy atom. The van der Waals surface area contributed by atoms with Gasteiger partial charge in [-0.05, 0) is 13.0 Å². The summed E-state index contributed by atoms with van der Waals surface area (Å²) in [5.41, 5.74) is 3.71. The Morgan fingerprint density at radius 2 is 2.00 bits per heavy atom. The lowest BCUT2D eigenvalue weighted by Gasteiger charge is -2.09. The van der Waals surface area contributed by atoms with Gasteiger partial charge in [-0.25, -0.2) is 17.6 Å². The summed E-state index contributed by atoms with van der Waals surface area (Å²) in [6.45, 7) is 1.92. The van der Waals surface area contributed by atoms with Gasteiger partial charge in [-0.15, -0.1) is 10.2 Å². The van der Waals surface area contributed by atoms with Crippen LogP contribution in [0.1, 0.15) is 37.0 Å². The van der Waals surface area contributed by atoms with Crippen LogP contribution >= 0.6 is 11.8 Å². The molecule has 0 aliphatic rings. The molecule has 0 aliphatic heterocycles. The van der Waals surface area contributed by atoms with E-state index in [1.54, 1.807) is 11.5 Å². The van der Waals surface area contributed by atoms with Gasteiger partial charge in [0.05, 0.1) is 5.75 Å². The largest absolute Gasteiger partial charge is 0.369 e. The van der Waals surface area contributed by atoms with E-state index in [1.807, 2.05) is 0 Å². The van der Waals surface area contributed by atoms with Crippen LogP contribution in [-0.2, 0) is 17.9 Å². The molecule has 7 nitrogen and oxygen atoms in total. The number of hydrogen-bond donors (Lipinski definition) is 1. The molecule has 2 rings (SSSR count). The molecule has 0 radical (unpaired) electrons. The van der Waals surface area contributed by atoms with Crippen molar-refractivity contribution >= 4 is 17.7 Å². The van der Waals surface area contributed by atoms with Crippen molar-refractivity contribution in [2.75, 3.05) is 5.75 Å². The van der Waals surface area contributed by atoms with Crippen molar-refractivity contribution in [2.45, 2.75) is 38.0 Å². The molecule has 0 unspecified atom stereocenters. The minimum absolute atomic E-state index is 0.0162. The summed E-state index contributed by atoms with van der Waals surface area (Å²) in [4.78, 5) is 10.8. The standard InChI is InChI=1S/C12H14F4N6OS/c1-2-21-9(18-19-12(21)24-5-8(17)23)4-22-7(11(15)16)3-6(20-22)10(13)14/h3,10-11H,2,4-5H2,1H3,(H2,17,23). The quantitative estimate of drug-likeness (QED) is 0.570. The first-order valence-corrected chi connectivity index (χ1v) is 7.79. The summed E-state index contributed by atoms with van der Waals surface area (Å²) >= 11 is 1.05. The number of hydrogen-bond acceptors (Lipinski definition) is 5. The zero-order valence-electron chi connectivity index (χ0n) is 12.5. The minimum atomic E-state index is -2.95. The van der Waals surface area contributed by atoms with Gasteiger partial charge in [0.2, 0.25) is 5.91 Å². The average molecular weight is 366 g/mol. The highest BCUT2D eigenvalue weighted by atomic mass is 32.2. The molecule has 0 spiro atoms. The molecule has 0 atom stereocenters. The molecule has 2 aromatic rings. The molecule has 12 heteroatoms. The molecule has 0 saturated heterocycles. The monoisotopic (exact) mass is 366 g/mol. The summed E-state index contributed by atoms with van der Waals surface area (Å²) in [7, 11) is 0. The first kappa shape index (κ1) is 18.2. The van der Waals surface area contributed by atoms with Crippen LogP contribution in [0, 0.1) is 0 Å². The minimum Gasteiger partial charge on any atom is -0.369 e. The lowest BCUT2D eigenvalue weighted by molar-refractivity contribution is -0.115. The zero-order valence-corrected chi connectivity index (χ0v) is 13.3. The van der Waals surface area contributed by atoms with Crippen LogP contribution in [0.2, 0.25) is 0 Å². The Bertz CT molecular complexity index is 716. The Labute approximate surface area is 138 Å². The van der Waals surface area contributed by atoms with Gasteiger partial charge in [0.15, 0.2) is 11.0 Å². The van der Waals surface area contributed by atoms with E-state index in [0.29, 0.717) is 17.8 Å². The third-order valence-corrected chi connectivity index (χ3v) is 4.01. The van der Waals surface area contributed by atoms with Crippen LogP contribution in [0.25, 0.3) is 0 Å². The van der Waals surface area contributed by atoms with Crippen LogP contribution in [0.15, 0.2) is 11.2 Å². The predicted octanol–water partition coefficient (Wildman–Crippen LogP) is 2.00. The predicted molar refractivity (Wildman–Crippen MR) is 76.9 cm³/mol. The van der Waals surface area contributed by atoms with Gasteiger partial charge >= 0.3 is 0 Å².